The lowest BCUT2D eigenvalue weighted by Crippen LogP contribution is -2.44. The second-order valence-electron chi connectivity index (χ2n) is 7.91. The molecule has 2 aliphatic rings. The van der Waals surface area contributed by atoms with Gasteiger partial charge in [-0.1, -0.05) is 25.9 Å². The molecule has 0 aromatic heterocycles. The Balaban J connectivity index is 2.07. The van der Waals surface area contributed by atoms with E-state index in [9.17, 15) is 0 Å². The number of hydrogen-bond donors (Lipinski definition) is 0. The van der Waals surface area contributed by atoms with Crippen LogP contribution in [0, 0.1) is 0 Å². The van der Waals surface area contributed by atoms with Crippen molar-refractivity contribution in [3.8, 4) is 0 Å². The van der Waals surface area contributed by atoms with Crippen molar-refractivity contribution in [2.24, 2.45) is 5.11 Å². The Kier molecular flexibility index (Phi) is 4.65. The maximum Gasteiger partial charge on any atom is 0.192 e. The molecule has 0 bridgehead atoms. The molecule has 2 heterocycles. The van der Waals surface area contributed by atoms with Crippen LogP contribution in [0.3, 0.4) is 0 Å². The van der Waals surface area contributed by atoms with Gasteiger partial charge in [0.05, 0.1) is 6.61 Å². The van der Waals surface area contributed by atoms with Crippen LogP contribution in [-0.4, -0.2) is 45.3 Å². The Morgan fingerprint density at radius 3 is 2.36 bits per heavy atom. The first-order valence-corrected chi connectivity index (χ1v) is 10.6. The largest absolute Gasteiger partial charge is 0.414 e. The van der Waals surface area contributed by atoms with E-state index in [2.05, 4.69) is 43.9 Å². The predicted molar refractivity (Wildman–Crippen MR) is 84.8 cm³/mol. The number of rotatable bonds is 4. The second kappa shape index (κ2) is 5.78. The highest BCUT2D eigenvalue weighted by molar-refractivity contribution is 6.74. The highest BCUT2D eigenvalue weighted by Crippen LogP contribution is 2.41. The van der Waals surface area contributed by atoms with E-state index in [1.807, 2.05) is 13.8 Å². The Hall–Kier alpha value is -0.633. The van der Waals surface area contributed by atoms with Crippen LogP contribution in [-0.2, 0) is 18.6 Å². The summed E-state index contributed by atoms with van der Waals surface area (Å²) in [5.41, 5.74) is 8.69. The molecule has 126 valence electrons. The molecule has 0 saturated carbocycles. The Morgan fingerprint density at radius 1 is 1.23 bits per heavy atom. The Bertz CT molecular complexity index is 471. The Morgan fingerprint density at radius 2 is 1.82 bits per heavy atom. The zero-order valence-corrected chi connectivity index (χ0v) is 15.5. The maximum atomic E-state index is 8.69. The van der Waals surface area contributed by atoms with Crippen molar-refractivity contribution in [2.75, 3.05) is 6.61 Å². The molecule has 7 nitrogen and oxygen atoms in total. The molecule has 2 aliphatic heterocycles. The average Bonchev–Trinajstić information content (AvgIpc) is 2.81. The molecule has 8 heteroatoms. The van der Waals surface area contributed by atoms with Crippen LogP contribution in [0.2, 0.25) is 18.1 Å². The van der Waals surface area contributed by atoms with Gasteiger partial charge >= 0.3 is 0 Å². The summed E-state index contributed by atoms with van der Waals surface area (Å²) in [6.07, 6.45) is -1.59. The molecule has 0 N–H and O–H groups in total. The lowest BCUT2D eigenvalue weighted by molar-refractivity contribution is -0.188. The molecule has 2 saturated heterocycles. The molecule has 0 aromatic rings. The minimum absolute atomic E-state index is 0.127. The lowest BCUT2D eigenvalue weighted by Gasteiger charge is -2.37. The van der Waals surface area contributed by atoms with Crippen molar-refractivity contribution in [2.45, 2.75) is 83.1 Å². The van der Waals surface area contributed by atoms with E-state index in [-0.39, 0.29) is 23.4 Å². The van der Waals surface area contributed by atoms with Crippen LogP contribution in [0.1, 0.15) is 34.6 Å². The van der Waals surface area contributed by atoms with Crippen LogP contribution in [0.25, 0.3) is 10.4 Å². The number of ether oxygens (including phenoxy) is 3. The summed E-state index contributed by atoms with van der Waals surface area (Å²) in [6.45, 7) is 15.1. The second-order valence-corrected chi connectivity index (χ2v) is 12.7. The van der Waals surface area contributed by atoms with Crippen molar-refractivity contribution in [1.29, 1.82) is 0 Å². The van der Waals surface area contributed by atoms with Crippen LogP contribution in [0.4, 0.5) is 0 Å². The first kappa shape index (κ1) is 17.7. The third-order valence-corrected chi connectivity index (χ3v) is 9.21. The number of fused-ring (bicyclic) bond motifs is 1. The van der Waals surface area contributed by atoms with E-state index in [1.165, 1.54) is 0 Å². The molecule has 4 atom stereocenters. The molecule has 2 rings (SSSR count). The summed E-state index contributed by atoms with van der Waals surface area (Å²) in [5, 5.41) is 3.81. The molecule has 22 heavy (non-hydrogen) atoms. The van der Waals surface area contributed by atoms with E-state index >= 15 is 0 Å². The van der Waals surface area contributed by atoms with Gasteiger partial charge in [-0.3, -0.25) is 0 Å². The highest BCUT2D eigenvalue weighted by Gasteiger charge is 2.55. The molecule has 0 amide bonds. The predicted octanol–water partition coefficient (Wildman–Crippen LogP) is 3.56. The SMILES string of the molecule is CC1(C)OC2C(O1)[C@@H](CO[Si](C)(C)C(C)(C)C)O[C@H]2N=[N+]=[N-]. The molecule has 0 radical (unpaired) electrons. The minimum atomic E-state index is -1.87. The smallest absolute Gasteiger partial charge is 0.192 e. The standard InChI is InChI=1S/C14H27N3O4Si/c1-13(2,3)22(6,7)18-8-9-10-11(12(19-9)16-17-15)21-14(4,5)20-10/h9-12H,8H2,1-7H3/t9-,10?,11?,12-/m1/s1. The average molecular weight is 329 g/mol. The van der Waals surface area contributed by atoms with Crippen molar-refractivity contribution >= 4 is 8.32 Å². The third kappa shape index (κ3) is 3.47. The van der Waals surface area contributed by atoms with Gasteiger partial charge in [-0.2, -0.15) is 0 Å². The van der Waals surface area contributed by atoms with E-state index in [1.54, 1.807) is 0 Å². The third-order valence-electron chi connectivity index (χ3n) is 4.71. The van der Waals surface area contributed by atoms with E-state index < -0.39 is 20.3 Å². The summed E-state index contributed by atoms with van der Waals surface area (Å²) in [7, 11) is -1.87. The molecule has 0 spiro atoms. The zero-order chi connectivity index (χ0) is 16.8. The summed E-state index contributed by atoms with van der Waals surface area (Å²) < 4.78 is 23.7. The van der Waals surface area contributed by atoms with Crippen molar-refractivity contribution < 1.29 is 18.6 Å². The topological polar surface area (TPSA) is 85.7 Å². The van der Waals surface area contributed by atoms with Gasteiger partial charge in [0.15, 0.2) is 20.3 Å². The minimum Gasteiger partial charge on any atom is -0.414 e. The van der Waals surface area contributed by atoms with Gasteiger partial charge in [0, 0.05) is 4.91 Å². The molecule has 0 aliphatic carbocycles. The maximum absolute atomic E-state index is 8.69. The first-order valence-electron chi connectivity index (χ1n) is 7.66. The van der Waals surface area contributed by atoms with Gasteiger partial charge in [-0.05, 0) is 37.5 Å². The summed E-state index contributed by atoms with van der Waals surface area (Å²) in [6, 6.07) is 0. The summed E-state index contributed by atoms with van der Waals surface area (Å²) in [5.74, 6) is -0.697. The van der Waals surface area contributed by atoms with E-state index in [0.717, 1.165) is 0 Å². The van der Waals surface area contributed by atoms with E-state index in [0.29, 0.717) is 6.61 Å². The first-order chi connectivity index (χ1) is 9.97. The summed E-state index contributed by atoms with van der Waals surface area (Å²) >= 11 is 0. The number of nitrogens with zero attached hydrogens (tertiary/aromatic N) is 3. The van der Waals surface area contributed by atoms with E-state index in [4.69, 9.17) is 24.2 Å². The highest BCUT2D eigenvalue weighted by atomic mass is 28.4. The number of hydrogen-bond acceptors (Lipinski definition) is 5. The van der Waals surface area contributed by atoms with Crippen LogP contribution >= 0.6 is 0 Å². The van der Waals surface area contributed by atoms with Crippen LogP contribution in [0.15, 0.2) is 5.11 Å². The zero-order valence-electron chi connectivity index (χ0n) is 14.5. The number of azide groups is 1. The fourth-order valence-corrected chi connectivity index (χ4v) is 3.46. The molecule has 0 aromatic carbocycles. The molecular weight excluding hydrogens is 302 g/mol. The van der Waals surface area contributed by atoms with Gasteiger partial charge in [0.2, 0.25) is 0 Å². The van der Waals surface area contributed by atoms with Crippen LogP contribution < -0.4 is 0 Å². The normalized spacial score (nSPS) is 34.3. The van der Waals surface area contributed by atoms with Crippen LogP contribution in [0.5, 0.6) is 0 Å². The lowest BCUT2D eigenvalue weighted by atomic mass is 10.1. The quantitative estimate of drug-likeness (QED) is 0.341. The summed E-state index contributed by atoms with van der Waals surface area (Å²) in [4.78, 5) is 2.84. The molecule has 2 fully saturated rings. The molecular formula is C14H27N3O4Si. The van der Waals surface area contributed by atoms with Gasteiger partial charge in [0.25, 0.3) is 0 Å². The Labute approximate surface area is 133 Å². The van der Waals surface area contributed by atoms with Gasteiger partial charge in [0.1, 0.15) is 18.3 Å². The molecule has 2 unspecified atom stereocenters. The van der Waals surface area contributed by atoms with Crippen molar-refractivity contribution in [3.05, 3.63) is 10.4 Å². The fraction of sp³-hybridized carbons (Fsp3) is 1.00. The van der Waals surface area contributed by atoms with Gasteiger partial charge < -0.3 is 18.6 Å². The van der Waals surface area contributed by atoms with Gasteiger partial charge in [-0.15, -0.1) is 0 Å². The van der Waals surface area contributed by atoms with Crippen molar-refractivity contribution in [1.82, 2.24) is 0 Å². The van der Waals surface area contributed by atoms with Gasteiger partial charge in [-0.25, -0.2) is 0 Å². The fourth-order valence-electron chi connectivity index (χ4n) is 2.44. The van der Waals surface area contributed by atoms with Crippen molar-refractivity contribution in [3.63, 3.8) is 0 Å². The monoisotopic (exact) mass is 329 g/mol.